The molecule has 1 aromatic rings. The molecule has 0 atom stereocenters. The van der Waals surface area contributed by atoms with Gasteiger partial charge in [-0.3, -0.25) is 0 Å². The molecule has 0 heterocycles. The van der Waals surface area contributed by atoms with Gasteiger partial charge >= 0.3 is 0 Å². The molecule has 0 spiro atoms. The fraction of sp³-hybridized carbons (Fsp3) is 0.571. The van der Waals surface area contributed by atoms with Crippen LogP contribution < -0.4 is 5.32 Å². The van der Waals surface area contributed by atoms with Crippen molar-refractivity contribution in [1.82, 2.24) is 5.32 Å². The summed E-state index contributed by atoms with van der Waals surface area (Å²) in [6, 6.07) is 6.38. The van der Waals surface area contributed by atoms with Crippen molar-refractivity contribution in [3.63, 3.8) is 0 Å². The topological polar surface area (TPSA) is 12.0 Å². The van der Waals surface area contributed by atoms with E-state index in [4.69, 9.17) is 11.6 Å². The van der Waals surface area contributed by atoms with Crippen LogP contribution in [0.15, 0.2) is 18.2 Å². The maximum Gasteiger partial charge on any atom is 0.0437 e. The average molecular weight is 240 g/mol. The Morgan fingerprint density at radius 3 is 2.69 bits per heavy atom. The molecular formula is C14H22ClN. The van der Waals surface area contributed by atoms with Crippen molar-refractivity contribution in [2.24, 2.45) is 0 Å². The highest BCUT2D eigenvalue weighted by molar-refractivity contribution is 6.31. The summed E-state index contributed by atoms with van der Waals surface area (Å²) in [7, 11) is 0. The predicted octanol–water partition coefficient (Wildman–Crippen LogP) is 3.97. The number of halogens is 1. The number of hydrogen-bond acceptors (Lipinski definition) is 1. The van der Waals surface area contributed by atoms with Crippen molar-refractivity contribution in [1.29, 1.82) is 0 Å². The van der Waals surface area contributed by atoms with Crippen molar-refractivity contribution >= 4 is 11.6 Å². The molecule has 0 aliphatic heterocycles. The summed E-state index contributed by atoms with van der Waals surface area (Å²) in [6.45, 7) is 6.51. The molecular weight excluding hydrogens is 218 g/mol. The lowest BCUT2D eigenvalue weighted by Gasteiger charge is -2.05. The van der Waals surface area contributed by atoms with Crippen LogP contribution >= 0.6 is 11.6 Å². The van der Waals surface area contributed by atoms with Crippen LogP contribution in [0.25, 0.3) is 0 Å². The van der Waals surface area contributed by atoms with Gasteiger partial charge in [0.25, 0.3) is 0 Å². The van der Waals surface area contributed by atoms with Gasteiger partial charge in [-0.25, -0.2) is 0 Å². The third kappa shape index (κ3) is 5.00. The predicted molar refractivity (Wildman–Crippen MR) is 72.3 cm³/mol. The zero-order valence-corrected chi connectivity index (χ0v) is 11.1. The van der Waals surface area contributed by atoms with Crippen LogP contribution in [0.5, 0.6) is 0 Å². The SMILES string of the molecule is CCCNCCCCc1ccc(C)c(Cl)c1. The van der Waals surface area contributed by atoms with Crippen molar-refractivity contribution < 1.29 is 0 Å². The highest BCUT2D eigenvalue weighted by atomic mass is 35.5. The molecule has 1 aromatic carbocycles. The zero-order chi connectivity index (χ0) is 11.8. The Labute approximate surface area is 104 Å². The summed E-state index contributed by atoms with van der Waals surface area (Å²) in [6.07, 6.45) is 4.82. The number of rotatable bonds is 7. The van der Waals surface area contributed by atoms with Crippen LogP contribution in [-0.2, 0) is 6.42 Å². The minimum atomic E-state index is 0.890. The van der Waals surface area contributed by atoms with Gasteiger partial charge in [-0.15, -0.1) is 0 Å². The van der Waals surface area contributed by atoms with Crippen LogP contribution in [0.3, 0.4) is 0 Å². The molecule has 0 unspecified atom stereocenters. The fourth-order valence-electron chi connectivity index (χ4n) is 1.67. The quantitative estimate of drug-likeness (QED) is 0.710. The molecule has 0 aromatic heterocycles. The summed E-state index contributed by atoms with van der Waals surface area (Å²) in [5, 5.41) is 4.31. The first-order valence-electron chi connectivity index (χ1n) is 6.19. The minimum Gasteiger partial charge on any atom is -0.317 e. The van der Waals surface area contributed by atoms with E-state index in [-0.39, 0.29) is 0 Å². The van der Waals surface area contributed by atoms with Gasteiger partial charge in [-0.05, 0) is 62.9 Å². The highest BCUT2D eigenvalue weighted by Gasteiger charge is 1.98. The number of benzene rings is 1. The Hall–Kier alpha value is -0.530. The van der Waals surface area contributed by atoms with Gasteiger partial charge in [0.15, 0.2) is 0 Å². The Balaban J connectivity index is 2.19. The second-order valence-electron chi connectivity index (χ2n) is 4.29. The van der Waals surface area contributed by atoms with E-state index in [1.165, 1.54) is 24.8 Å². The molecule has 0 radical (unpaired) electrons. The molecule has 0 bridgehead atoms. The Morgan fingerprint density at radius 1 is 1.19 bits per heavy atom. The number of unbranched alkanes of at least 4 members (excludes halogenated alkanes) is 1. The van der Waals surface area contributed by atoms with Gasteiger partial charge in [-0.2, -0.15) is 0 Å². The van der Waals surface area contributed by atoms with Gasteiger partial charge < -0.3 is 5.32 Å². The maximum atomic E-state index is 6.08. The summed E-state index contributed by atoms with van der Waals surface area (Å²) >= 11 is 6.08. The first-order valence-corrected chi connectivity index (χ1v) is 6.57. The van der Waals surface area contributed by atoms with Crippen LogP contribution in [0.2, 0.25) is 5.02 Å². The van der Waals surface area contributed by atoms with E-state index in [1.54, 1.807) is 0 Å². The van der Waals surface area contributed by atoms with E-state index >= 15 is 0 Å². The van der Waals surface area contributed by atoms with Gasteiger partial charge in [-0.1, -0.05) is 30.7 Å². The van der Waals surface area contributed by atoms with Gasteiger partial charge in [0.1, 0.15) is 0 Å². The van der Waals surface area contributed by atoms with E-state index < -0.39 is 0 Å². The minimum absolute atomic E-state index is 0.890. The van der Waals surface area contributed by atoms with Crippen molar-refractivity contribution in [2.45, 2.75) is 39.5 Å². The van der Waals surface area contributed by atoms with Crippen LogP contribution in [0.1, 0.15) is 37.3 Å². The summed E-state index contributed by atoms with van der Waals surface area (Å²) in [5.41, 5.74) is 2.51. The third-order valence-corrected chi connectivity index (χ3v) is 3.14. The lowest BCUT2D eigenvalue weighted by Crippen LogP contribution is -2.15. The lowest BCUT2D eigenvalue weighted by molar-refractivity contribution is 0.617. The van der Waals surface area contributed by atoms with Crippen LogP contribution in [0.4, 0.5) is 0 Å². The molecule has 0 saturated heterocycles. The molecule has 0 saturated carbocycles. The van der Waals surface area contributed by atoms with Crippen LogP contribution in [0, 0.1) is 6.92 Å². The standard InChI is InChI=1S/C14H22ClN/c1-3-9-16-10-5-4-6-13-8-7-12(2)14(15)11-13/h7-8,11,16H,3-6,9-10H2,1-2H3. The largest absolute Gasteiger partial charge is 0.317 e. The second-order valence-corrected chi connectivity index (χ2v) is 4.70. The third-order valence-electron chi connectivity index (χ3n) is 2.73. The van der Waals surface area contributed by atoms with Gasteiger partial charge in [0, 0.05) is 5.02 Å². The van der Waals surface area contributed by atoms with Crippen molar-refractivity contribution in [3.05, 3.63) is 34.3 Å². The van der Waals surface area contributed by atoms with E-state index in [1.807, 2.05) is 6.92 Å². The highest BCUT2D eigenvalue weighted by Crippen LogP contribution is 2.17. The van der Waals surface area contributed by atoms with E-state index in [0.29, 0.717) is 0 Å². The van der Waals surface area contributed by atoms with Gasteiger partial charge in [0.05, 0.1) is 0 Å². The Bertz CT molecular complexity index is 310. The molecule has 0 fully saturated rings. The van der Waals surface area contributed by atoms with E-state index in [9.17, 15) is 0 Å². The first-order chi connectivity index (χ1) is 7.74. The van der Waals surface area contributed by atoms with E-state index in [0.717, 1.165) is 30.1 Å². The second kappa shape index (κ2) is 7.70. The lowest BCUT2D eigenvalue weighted by atomic mass is 10.1. The van der Waals surface area contributed by atoms with Crippen LogP contribution in [-0.4, -0.2) is 13.1 Å². The molecule has 2 heteroatoms. The first kappa shape index (κ1) is 13.5. The molecule has 1 N–H and O–H groups in total. The molecule has 16 heavy (non-hydrogen) atoms. The normalized spacial score (nSPS) is 10.7. The molecule has 1 nitrogen and oxygen atoms in total. The van der Waals surface area contributed by atoms with Gasteiger partial charge in [0.2, 0.25) is 0 Å². The molecule has 0 aliphatic carbocycles. The number of hydrogen-bond donors (Lipinski definition) is 1. The fourth-order valence-corrected chi connectivity index (χ4v) is 1.88. The van der Waals surface area contributed by atoms with Crippen molar-refractivity contribution in [3.8, 4) is 0 Å². The molecule has 0 aliphatic rings. The zero-order valence-electron chi connectivity index (χ0n) is 10.4. The number of nitrogens with one attached hydrogen (secondary N) is 1. The monoisotopic (exact) mass is 239 g/mol. The molecule has 90 valence electrons. The summed E-state index contributed by atoms with van der Waals surface area (Å²) in [5.74, 6) is 0. The Morgan fingerprint density at radius 2 is 2.00 bits per heavy atom. The average Bonchev–Trinajstić information content (AvgIpc) is 2.28. The molecule has 0 amide bonds. The van der Waals surface area contributed by atoms with Crippen molar-refractivity contribution in [2.75, 3.05) is 13.1 Å². The van der Waals surface area contributed by atoms with E-state index in [2.05, 4.69) is 30.4 Å². The summed E-state index contributed by atoms with van der Waals surface area (Å²) < 4.78 is 0. The smallest absolute Gasteiger partial charge is 0.0437 e. The number of aryl methyl sites for hydroxylation is 2. The maximum absolute atomic E-state index is 6.08. The summed E-state index contributed by atoms with van der Waals surface area (Å²) in [4.78, 5) is 0. The Kier molecular flexibility index (Phi) is 6.51. The molecule has 1 rings (SSSR count).